The van der Waals surface area contributed by atoms with E-state index in [1.807, 2.05) is 42.8 Å². The third-order valence-corrected chi connectivity index (χ3v) is 10.9. The van der Waals surface area contributed by atoms with Crippen molar-refractivity contribution >= 4 is 40.8 Å². The molecule has 3 N–H and O–H groups in total. The van der Waals surface area contributed by atoms with E-state index >= 15 is 0 Å². The number of hydrogen-bond acceptors (Lipinski definition) is 7. The molecule has 12 heteroatoms. The van der Waals surface area contributed by atoms with Crippen LogP contribution in [0.3, 0.4) is 0 Å². The monoisotopic (exact) mass is 703 g/mol. The first-order valence-corrected chi connectivity index (χ1v) is 17.2. The van der Waals surface area contributed by atoms with Gasteiger partial charge in [-0.3, -0.25) is 14.9 Å². The van der Waals surface area contributed by atoms with Crippen LogP contribution in [-0.4, -0.2) is 57.7 Å². The van der Waals surface area contributed by atoms with Crippen molar-refractivity contribution in [1.29, 1.82) is 0 Å². The lowest BCUT2D eigenvalue weighted by Gasteiger charge is -2.22. The number of rotatable bonds is 10. The highest BCUT2D eigenvalue weighted by Crippen LogP contribution is 2.46. The molecule has 1 aromatic heterocycles. The fourth-order valence-electron chi connectivity index (χ4n) is 7.19. The van der Waals surface area contributed by atoms with Crippen LogP contribution in [0.15, 0.2) is 42.5 Å². The number of ether oxygens (including phenoxy) is 2. The number of fused-ring (bicyclic) bond motifs is 2. The van der Waals surface area contributed by atoms with Gasteiger partial charge in [0.05, 0.1) is 28.5 Å². The zero-order valence-corrected chi connectivity index (χ0v) is 29.5. The quantitative estimate of drug-likeness (QED) is 0.167. The third-order valence-electron chi connectivity index (χ3n) is 10.2. The Balaban J connectivity index is 1.12. The maximum atomic E-state index is 13.4. The first-order chi connectivity index (χ1) is 23.5. The molecule has 7 rings (SSSR count). The van der Waals surface area contributed by atoms with Crippen molar-refractivity contribution in [3.05, 3.63) is 92.0 Å². The molecule has 0 saturated heterocycles. The van der Waals surface area contributed by atoms with Crippen LogP contribution in [-0.2, 0) is 37.8 Å². The van der Waals surface area contributed by atoms with Crippen molar-refractivity contribution < 1.29 is 24.2 Å². The Morgan fingerprint density at radius 2 is 1.86 bits per heavy atom. The number of halogens is 2. The zero-order chi connectivity index (χ0) is 34.6. The number of amides is 1. The summed E-state index contributed by atoms with van der Waals surface area (Å²) in [5, 5.41) is 16.6. The molecule has 1 atom stereocenters. The van der Waals surface area contributed by atoms with Crippen LogP contribution in [0.1, 0.15) is 69.6 Å². The van der Waals surface area contributed by atoms with Crippen LogP contribution < -0.4 is 20.1 Å². The summed E-state index contributed by atoms with van der Waals surface area (Å²) in [4.78, 5) is 32.0. The van der Waals surface area contributed by atoms with Crippen molar-refractivity contribution in [2.75, 3.05) is 26.0 Å². The Labute approximate surface area is 295 Å². The summed E-state index contributed by atoms with van der Waals surface area (Å²) >= 11 is 13.8. The summed E-state index contributed by atoms with van der Waals surface area (Å²) in [5.74, 6) is 0.397. The second-order valence-corrected chi connectivity index (χ2v) is 14.0. The van der Waals surface area contributed by atoms with Gasteiger partial charge in [0.25, 0.3) is 5.91 Å². The maximum Gasteiger partial charge on any atom is 0.323 e. The lowest BCUT2D eigenvalue weighted by molar-refractivity contribution is -0.140. The molecule has 1 fully saturated rings. The lowest BCUT2D eigenvalue weighted by Crippen LogP contribution is -2.38. The van der Waals surface area contributed by atoms with Crippen molar-refractivity contribution in [1.82, 2.24) is 19.8 Å². The summed E-state index contributed by atoms with van der Waals surface area (Å²) in [7, 11) is 5.52. The van der Waals surface area contributed by atoms with Crippen LogP contribution in [0.2, 0.25) is 10.0 Å². The van der Waals surface area contributed by atoms with E-state index < -0.39 is 11.5 Å². The average Bonchev–Trinajstić information content (AvgIpc) is 3.67. The summed E-state index contributed by atoms with van der Waals surface area (Å²) in [6.45, 7) is 3.83. The number of hydrogen-bond donors (Lipinski definition) is 3. The van der Waals surface area contributed by atoms with Gasteiger partial charge in [-0.1, -0.05) is 53.5 Å². The highest BCUT2D eigenvalue weighted by Gasteiger charge is 2.50. The van der Waals surface area contributed by atoms with Crippen LogP contribution in [0, 0.1) is 6.92 Å². The van der Waals surface area contributed by atoms with Gasteiger partial charge in [0.2, 0.25) is 0 Å². The molecule has 49 heavy (non-hydrogen) atoms. The number of likely N-dealkylation sites (N-methyl/N-ethyl adjacent to an activating group) is 1. The lowest BCUT2D eigenvalue weighted by atomic mass is 9.96. The van der Waals surface area contributed by atoms with Gasteiger partial charge < -0.3 is 29.4 Å². The van der Waals surface area contributed by atoms with E-state index in [-0.39, 0.29) is 18.6 Å². The predicted molar refractivity (Wildman–Crippen MR) is 189 cm³/mol. The van der Waals surface area contributed by atoms with Crippen LogP contribution in [0.25, 0.3) is 11.1 Å². The maximum absolute atomic E-state index is 13.4. The number of nitrogens with zero attached hydrogens (tertiary/aromatic N) is 3. The number of nitrogens with one attached hydrogen (secondary N) is 2. The Morgan fingerprint density at radius 1 is 1.10 bits per heavy atom. The molecule has 3 aliphatic rings. The van der Waals surface area contributed by atoms with E-state index in [1.54, 1.807) is 19.2 Å². The topological polar surface area (TPSA) is 118 Å². The number of imidazole rings is 1. The number of carbonyl (C=O) groups excluding carboxylic acids is 1. The van der Waals surface area contributed by atoms with E-state index in [1.165, 1.54) is 0 Å². The summed E-state index contributed by atoms with van der Waals surface area (Å²) < 4.78 is 14.3. The van der Waals surface area contributed by atoms with Crippen LogP contribution >= 0.6 is 23.2 Å². The zero-order valence-electron chi connectivity index (χ0n) is 28.0. The molecular formula is C37H39Cl2N5O5. The van der Waals surface area contributed by atoms with Gasteiger partial charge in [0.15, 0.2) is 5.82 Å². The van der Waals surface area contributed by atoms with E-state index in [9.17, 15) is 14.7 Å². The third kappa shape index (κ3) is 6.05. The van der Waals surface area contributed by atoms with Gasteiger partial charge in [-0.15, -0.1) is 0 Å². The van der Waals surface area contributed by atoms with Gasteiger partial charge >= 0.3 is 5.97 Å². The molecule has 1 aliphatic heterocycles. The standard InChI is InChI=1S/C37H39Cl2N5O5/c1-20-31(17-26(38)25(33(20)48-4)18-40-37(14-15-37)36(46)47)49-30-12-11-22-21(7-5-8-23(22)30)24-9-6-10-27(32(24)39)42-35(45)34-41-28-19-43(2)16-13-29(28)44(34)3/h5-10,17,30,40H,11-16,18-19H2,1-4H3,(H,42,45)(H,46,47). The van der Waals surface area contributed by atoms with E-state index in [0.29, 0.717) is 58.0 Å². The number of methoxy groups -OCH3 is 1. The average molecular weight is 705 g/mol. The second-order valence-electron chi connectivity index (χ2n) is 13.2. The van der Waals surface area contributed by atoms with Gasteiger partial charge in [-0.2, -0.15) is 0 Å². The molecule has 3 aromatic carbocycles. The number of anilines is 1. The summed E-state index contributed by atoms with van der Waals surface area (Å²) in [5.41, 5.74) is 7.15. The van der Waals surface area contributed by atoms with Crippen molar-refractivity contribution in [3.63, 3.8) is 0 Å². The molecular weight excluding hydrogens is 665 g/mol. The normalized spacial score (nSPS) is 17.7. The number of benzene rings is 3. The Hall–Kier alpha value is -4.09. The fourth-order valence-corrected chi connectivity index (χ4v) is 7.72. The van der Waals surface area contributed by atoms with Crippen molar-refractivity contribution in [3.8, 4) is 22.6 Å². The van der Waals surface area contributed by atoms with Crippen molar-refractivity contribution in [2.24, 2.45) is 7.05 Å². The molecule has 4 aromatic rings. The fraction of sp³-hybridized carbons (Fsp3) is 0.378. The number of carbonyl (C=O) groups is 2. The molecule has 0 spiro atoms. The van der Waals surface area contributed by atoms with Crippen molar-refractivity contribution in [2.45, 2.75) is 63.8 Å². The summed E-state index contributed by atoms with van der Waals surface area (Å²) in [6, 6.07) is 13.6. The highest BCUT2D eigenvalue weighted by atomic mass is 35.5. The highest BCUT2D eigenvalue weighted by molar-refractivity contribution is 6.36. The molecule has 0 bridgehead atoms. The summed E-state index contributed by atoms with van der Waals surface area (Å²) in [6.07, 6.45) is 3.32. The first-order valence-electron chi connectivity index (χ1n) is 16.5. The van der Waals surface area contributed by atoms with E-state index in [2.05, 4.69) is 33.6 Å². The Bertz CT molecular complexity index is 1990. The largest absolute Gasteiger partial charge is 0.496 e. The molecule has 256 valence electrons. The Morgan fingerprint density at radius 3 is 2.59 bits per heavy atom. The number of carboxylic acids is 1. The molecule has 0 radical (unpaired) electrons. The molecule has 2 heterocycles. The van der Waals surface area contributed by atoms with Gasteiger partial charge in [0.1, 0.15) is 23.1 Å². The minimum absolute atomic E-state index is 0.227. The van der Waals surface area contributed by atoms with Gasteiger partial charge in [-0.25, -0.2) is 4.98 Å². The van der Waals surface area contributed by atoms with Gasteiger partial charge in [-0.05, 0) is 68.5 Å². The smallest absolute Gasteiger partial charge is 0.323 e. The molecule has 1 unspecified atom stereocenters. The van der Waals surface area contributed by atoms with E-state index in [0.717, 1.165) is 65.0 Å². The minimum Gasteiger partial charge on any atom is -0.496 e. The minimum atomic E-state index is -0.896. The van der Waals surface area contributed by atoms with Crippen LogP contribution in [0.5, 0.6) is 11.5 Å². The molecule has 10 nitrogen and oxygen atoms in total. The number of carboxylic acid groups (broad SMARTS) is 1. The molecule has 1 saturated carbocycles. The Kier molecular flexibility index (Phi) is 8.85. The molecule has 1 amide bonds. The SMILES string of the molecule is COc1c(C)c(OC2CCc3c(-c4cccc(NC(=O)c5nc6c(n5C)CCN(C)C6)c4Cl)cccc32)cc(Cl)c1CNC1(C(=O)O)CC1. The first kappa shape index (κ1) is 33.4. The second kappa shape index (κ2) is 13.0. The van der Waals surface area contributed by atoms with Gasteiger partial charge in [0, 0.05) is 55.5 Å². The van der Waals surface area contributed by atoms with E-state index in [4.69, 9.17) is 32.7 Å². The number of aromatic nitrogens is 2. The predicted octanol–water partition coefficient (Wildman–Crippen LogP) is 6.72. The molecule has 2 aliphatic carbocycles. The number of aliphatic carboxylic acids is 1. The van der Waals surface area contributed by atoms with Crippen LogP contribution in [0.4, 0.5) is 5.69 Å².